The molecule has 9 fully saturated rings. The monoisotopic (exact) mass is 1060 g/mol. The minimum absolute atomic E-state index is 0.00768. The Bertz CT molecular complexity index is 2280. The average Bonchev–Trinajstić information content (AvgIpc) is 4.22. The molecule has 75 heavy (non-hydrogen) atoms. The van der Waals surface area contributed by atoms with Gasteiger partial charge in [0.25, 0.3) is 0 Å². The number of carboxylic acids is 1. The summed E-state index contributed by atoms with van der Waals surface area (Å²) in [6.07, 6.45) is -7.14. The lowest BCUT2D eigenvalue weighted by atomic mass is 9.93. The van der Waals surface area contributed by atoms with Crippen molar-refractivity contribution >= 4 is 53.2 Å². The Labute approximate surface area is 433 Å². The third kappa shape index (κ3) is 10.4. The Morgan fingerprint density at radius 1 is 0.427 bits per heavy atom. The van der Waals surface area contributed by atoms with E-state index in [9.17, 15) is 78.9 Å². The molecule has 0 saturated carbocycles. The number of carbonyl (C=O) groups is 9. The highest BCUT2D eigenvalue weighted by Gasteiger charge is 2.56. The van der Waals surface area contributed by atoms with Crippen molar-refractivity contribution in [3.63, 3.8) is 0 Å². The summed E-state index contributed by atoms with van der Waals surface area (Å²) >= 11 is 0. The molecule has 17 atom stereocenters. The Hall–Kier alpha value is -5.09. The first-order valence-electron chi connectivity index (χ1n) is 26.6. The second-order valence-electron chi connectivity index (χ2n) is 22.7. The van der Waals surface area contributed by atoms with Crippen molar-refractivity contribution in [1.82, 2.24) is 44.5 Å². The van der Waals surface area contributed by atoms with Gasteiger partial charge in [0.15, 0.2) is 0 Å². The van der Waals surface area contributed by atoms with Gasteiger partial charge >= 0.3 is 5.97 Å². The molecule has 0 radical (unpaired) electrons. The second-order valence-corrected chi connectivity index (χ2v) is 22.7. The summed E-state index contributed by atoms with van der Waals surface area (Å²) in [6, 6.07) is -10.6. The van der Waals surface area contributed by atoms with E-state index in [2.05, 4.69) is 5.32 Å². The highest BCUT2D eigenvalue weighted by Crippen LogP contribution is 2.37. The van der Waals surface area contributed by atoms with Crippen LogP contribution in [0.5, 0.6) is 0 Å². The summed E-state index contributed by atoms with van der Waals surface area (Å²) in [5.41, 5.74) is 0. The number of hydrogen-bond acceptors (Lipinski definition) is 17. The van der Waals surface area contributed by atoms with Crippen molar-refractivity contribution in [3.8, 4) is 0 Å². The smallest absolute Gasteiger partial charge is 0.326 e. The Morgan fingerprint density at radius 3 is 1.16 bits per heavy atom. The number of ether oxygens (including phenoxy) is 1. The van der Waals surface area contributed by atoms with Gasteiger partial charge in [-0.1, -0.05) is 13.8 Å². The number of aliphatic carboxylic acids is 1. The van der Waals surface area contributed by atoms with Gasteiger partial charge < -0.3 is 85.0 Å². The fourth-order valence-electron chi connectivity index (χ4n) is 13.5. The first-order valence-corrected chi connectivity index (χ1v) is 26.6. The molecule has 8 N–H and O–H groups in total. The molecule has 9 rings (SSSR count). The van der Waals surface area contributed by atoms with E-state index in [1.54, 1.807) is 0 Å². The molecule has 0 aromatic rings. The third-order valence-corrected chi connectivity index (χ3v) is 17.5. The molecule has 9 heterocycles. The van der Waals surface area contributed by atoms with E-state index >= 15 is 0 Å². The first-order chi connectivity index (χ1) is 35.6. The van der Waals surface area contributed by atoms with Gasteiger partial charge in [0.05, 0.1) is 48.8 Å². The zero-order valence-electron chi connectivity index (χ0n) is 42.6. The minimum Gasteiger partial charge on any atom is -0.480 e. The lowest BCUT2D eigenvalue weighted by Gasteiger charge is -2.37. The van der Waals surface area contributed by atoms with Crippen molar-refractivity contribution < 1.29 is 83.6 Å². The summed E-state index contributed by atoms with van der Waals surface area (Å²) in [6.45, 7) is 2.91. The van der Waals surface area contributed by atoms with Crippen molar-refractivity contribution in [1.29, 1.82) is 0 Å². The van der Waals surface area contributed by atoms with Crippen molar-refractivity contribution in [3.05, 3.63) is 0 Å². The van der Waals surface area contributed by atoms with Crippen LogP contribution in [0.25, 0.3) is 0 Å². The lowest BCUT2D eigenvalue weighted by molar-refractivity contribution is -0.156. The molecule has 26 heteroatoms. The van der Waals surface area contributed by atoms with E-state index < -0.39 is 150 Å². The van der Waals surface area contributed by atoms with Crippen LogP contribution in [0.3, 0.4) is 0 Å². The molecular weight excluding hydrogens is 987 g/mol. The normalized spacial score (nSPS) is 38.0. The molecule has 416 valence electrons. The van der Waals surface area contributed by atoms with Crippen molar-refractivity contribution in [2.75, 3.05) is 66.0 Å². The topological polar surface area (TPSA) is 342 Å². The largest absolute Gasteiger partial charge is 0.480 e. The quantitative estimate of drug-likeness (QED) is 0.0955. The summed E-state index contributed by atoms with van der Waals surface area (Å²) < 4.78 is 5.39. The average molecular weight is 1060 g/mol. The van der Waals surface area contributed by atoms with Crippen LogP contribution in [0.1, 0.15) is 78.1 Å². The molecule has 26 nitrogen and oxygen atoms in total. The number of carboxylic acid groups (broad SMARTS) is 1. The maximum Gasteiger partial charge on any atom is 0.326 e. The van der Waals surface area contributed by atoms with Crippen LogP contribution in [0.4, 0.5) is 0 Å². The number of rotatable bonds is 11. The molecule has 9 aliphatic heterocycles. The van der Waals surface area contributed by atoms with Crippen LogP contribution in [-0.4, -0.2) is 291 Å². The summed E-state index contributed by atoms with van der Waals surface area (Å²) in [5.74, 6) is -6.58. The van der Waals surface area contributed by atoms with E-state index in [1.165, 1.54) is 26.7 Å². The predicted molar refractivity (Wildman–Crippen MR) is 255 cm³/mol. The number of likely N-dealkylation sites (tertiary alicyclic amines) is 8. The molecule has 9 aliphatic rings. The number of aliphatic hydroxyl groups excluding tert-OH is 6. The molecule has 0 aliphatic carbocycles. The standard InChI is InChI=1S/C49H73N9O17/c1-23(2)24-7-34(43(67)51-6-4-5-33(51)42(66)58-22-31(75-3)14-40(58)49(73)74)52(16-24)44(68)36-10-27(61)18-54(36)46(70)38-12-29(63)20-56(38)48(72)39-13-30(64)21-57(39)47(71)37-11-28(62)19-55(37)45(69)35-9-26(60)17-53(35)41(65)32-8-25(59)15-50-32/h23-40,50,59-64H,4-22H2,1-3H3,(H,73,74)/t24?,25?,26?,27?,28?,29?,30?,31?,32-,33-,34-,35?,36?,37?,38-,39-,40-/m0/s1. The Balaban J connectivity index is 0.902. The molecule has 0 spiro atoms. The molecular formula is C49H73N9O17. The van der Waals surface area contributed by atoms with Crippen molar-refractivity contribution in [2.24, 2.45) is 11.8 Å². The van der Waals surface area contributed by atoms with E-state index in [0.717, 1.165) is 19.6 Å². The maximum absolute atomic E-state index is 14.9. The number of carbonyl (C=O) groups excluding carboxylic acids is 8. The molecule has 9 saturated heterocycles. The summed E-state index contributed by atoms with van der Waals surface area (Å²) in [4.78, 5) is 138. The van der Waals surface area contributed by atoms with Gasteiger partial charge in [-0.3, -0.25) is 38.4 Å². The van der Waals surface area contributed by atoms with Crippen molar-refractivity contribution in [2.45, 2.75) is 175 Å². The first kappa shape index (κ1) is 54.7. The molecule has 11 unspecified atom stereocenters. The number of amides is 8. The highest BCUT2D eigenvalue weighted by atomic mass is 16.5. The number of nitrogens with one attached hydrogen (secondary N) is 1. The fourth-order valence-corrected chi connectivity index (χ4v) is 13.5. The second kappa shape index (κ2) is 21.7. The molecule has 0 aromatic carbocycles. The zero-order valence-corrected chi connectivity index (χ0v) is 42.6. The SMILES string of the molecule is COC1C[C@@H](C(=O)O)N(C(=O)[C@@H]2CCCN2C(=O)[C@@H]2CC(C(C)C)CN2C(=O)C2CC(O)CN2C(=O)[C@@H]2CC(O)CN2C(=O)[C@@H]2CC(O)CN2C(=O)C2CC(O)CN2C(=O)C2CC(O)CN2C(=O)[C@@H]2CC(O)CN2)C1. The van der Waals surface area contributed by atoms with E-state index in [0.29, 0.717) is 6.42 Å². The summed E-state index contributed by atoms with van der Waals surface area (Å²) in [5, 5.41) is 77.5. The number of aliphatic hydroxyl groups is 6. The number of methoxy groups -OCH3 is 1. The maximum atomic E-state index is 14.9. The highest BCUT2D eigenvalue weighted by molar-refractivity contribution is 5.99. The summed E-state index contributed by atoms with van der Waals surface area (Å²) in [7, 11) is 1.44. The van der Waals surface area contributed by atoms with E-state index in [-0.39, 0.29) is 129 Å². The molecule has 0 bridgehead atoms. The van der Waals surface area contributed by atoms with Crippen LogP contribution in [0.2, 0.25) is 0 Å². The molecule has 8 amide bonds. The van der Waals surface area contributed by atoms with E-state index in [4.69, 9.17) is 4.74 Å². The van der Waals surface area contributed by atoms with Gasteiger partial charge in [0.2, 0.25) is 47.3 Å². The van der Waals surface area contributed by atoms with Crippen LogP contribution in [0, 0.1) is 11.8 Å². The van der Waals surface area contributed by atoms with Gasteiger partial charge in [-0.15, -0.1) is 0 Å². The van der Waals surface area contributed by atoms with Crippen LogP contribution >= 0.6 is 0 Å². The van der Waals surface area contributed by atoms with Gasteiger partial charge in [-0.2, -0.15) is 0 Å². The number of nitrogens with zero attached hydrogens (tertiary/aromatic N) is 8. The third-order valence-electron chi connectivity index (χ3n) is 17.5. The van der Waals surface area contributed by atoms with Crippen LogP contribution in [-0.2, 0) is 47.9 Å². The number of hydrogen-bond donors (Lipinski definition) is 8. The van der Waals surface area contributed by atoms with E-state index in [1.807, 2.05) is 13.8 Å². The molecule has 0 aromatic heterocycles. The number of β-amino-alcohol motifs (C(OH)–C–C–N with tert-alkyl or cyclic N) is 6. The van der Waals surface area contributed by atoms with Gasteiger partial charge in [0, 0.05) is 105 Å². The van der Waals surface area contributed by atoms with Gasteiger partial charge in [-0.25, -0.2) is 4.79 Å². The lowest BCUT2D eigenvalue weighted by Crippen LogP contribution is -2.59. The Morgan fingerprint density at radius 2 is 0.787 bits per heavy atom. The minimum atomic E-state index is -1.40. The zero-order chi connectivity index (χ0) is 54.1. The predicted octanol–water partition coefficient (Wildman–Crippen LogP) is -5.92. The van der Waals surface area contributed by atoms with Gasteiger partial charge in [0.1, 0.15) is 48.3 Å². The Kier molecular flexibility index (Phi) is 15.9. The van der Waals surface area contributed by atoms with Crippen LogP contribution < -0.4 is 5.32 Å². The van der Waals surface area contributed by atoms with Crippen LogP contribution in [0.15, 0.2) is 0 Å². The fraction of sp³-hybridized carbons (Fsp3) is 0.816. The van der Waals surface area contributed by atoms with Gasteiger partial charge in [-0.05, 0) is 37.5 Å².